The Kier molecular flexibility index (Phi) is 5.92. The van der Waals surface area contributed by atoms with Gasteiger partial charge in [-0.25, -0.2) is 13.1 Å². The monoisotopic (exact) mass is 244 g/mol. The van der Waals surface area contributed by atoms with Gasteiger partial charge < -0.3 is 10.4 Å². The van der Waals surface area contributed by atoms with E-state index >= 15 is 0 Å². The smallest absolute Gasteiger partial charge is 0.211 e. The molecule has 1 rings (SSSR count). The van der Waals surface area contributed by atoms with Crippen LogP contribution in [-0.4, -0.2) is 44.5 Å². The summed E-state index contributed by atoms with van der Waals surface area (Å²) in [6, 6.07) is -0.0355. The molecule has 2 atom stereocenters. The molecule has 1 aliphatic heterocycles. The average Bonchev–Trinajstić information content (AvgIpc) is 2.52. The third kappa shape index (κ3) is 4.10. The number of sulfonamides is 1. The average molecular weight is 245 g/mol. The van der Waals surface area contributed by atoms with E-state index < -0.39 is 10.0 Å². The van der Waals surface area contributed by atoms with E-state index in [2.05, 4.69) is 10.0 Å². The van der Waals surface area contributed by atoms with Gasteiger partial charge in [0.15, 0.2) is 0 Å². The van der Waals surface area contributed by atoms with E-state index in [0.29, 0.717) is 13.0 Å². The molecule has 86 valence electrons. The van der Waals surface area contributed by atoms with Crippen molar-refractivity contribution in [3.8, 4) is 0 Å². The molecule has 5 nitrogen and oxygen atoms in total. The van der Waals surface area contributed by atoms with Crippen molar-refractivity contribution in [2.45, 2.75) is 25.4 Å². The lowest BCUT2D eigenvalue weighted by Gasteiger charge is -2.10. The summed E-state index contributed by atoms with van der Waals surface area (Å²) in [4.78, 5) is 0. The molecule has 0 bridgehead atoms. The topological polar surface area (TPSA) is 78.4 Å². The zero-order valence-electron chi connectivity index (χ0n) is 8.06. The first-order chi connectivity index (χ1) is 6.07. The molecule has 0 unspecified atom stereocenters. The summed E-state index contributed by atoms with van der Waals surface area (Å²) in [6.07, 6.45) is 0.662. The quantitative estimate of drug-likeness (QED) is 0.597. The van der Waals surface area contributed by atoms with Gasteiger partial charge in [-0.05, 0) is 13.3 Å². The van der Waals surface area contributed by atoms with Gasteiger partial charge in [0.1, 0.15) is 0 Å². The lowest BCUT2D eigenvalue weighted by molar-refractivity contribution is 0.254. The van der Waals surface area contributed by atoms with Crippen LogP contribution in [0.15, 0.2) is 0 Å². The molecule has 0 aromatic rings. The maximum absolute atomic E-state index is 11.1. The SMILES string of the molecule is CCS(=O)(=O)N[C@@H]1CN[C@H](CO)C1.Cl. The maximum atomic E-state index is 11.1. The van der Waals surface area contributed by atoms with Crippen LogP contribution in [0.4, 0.5) is 0 Å². The Morgan fingerprint density at radius 3 is 2.64 bits per heavy atom. The van der Waals surface area contributed by atoms with Gasteiger partial charge in [0.25, 0.3) is 0 Å². The second-order valence-electron chi connectivity index (χ2n) is 3.24. The number of nitrogens with one attached hydrogen (secondary N) is 2. The van der Waals surface area contributed by atoms with Crippen molar-refractivity contribution in [2.24, 2.45) is 0 Å². The molecule has 0 aromatic carbocycles. The Balaban J connectivity index is 0.00000169. The molecular weight excluding hydrogens is 228 g/mol. The zero-order valence-corrected chi connectivity index (χ0v) is 9.70. The van der Waals surface area contributed by atoms with Crippen LogP contribution in [0, 0.1) is 0 Å². The van der Waals surface area contributed by atoms with Gasteiger partial charge in [-0.2, -0.15) is 0 Å². The third-order valence-electron chi connectivity index (χ3n) is 2.17. The molecule has 0 aromatic heterocycles. The van der Waals surface area contributed by atoms with Crippen molar-refractivity contribution in [1.82, 2.24) is 10.0 Å². The molecule has 1 saturated heterocycles. The van der Waals surface area contributed by atoms with Crippen LogP contribution in [0.1, 0.15) is 13.3 Å². The summed E-state index contributed by atoms with van der Waals surface area (Å²) >= 11 is 0. The highest BCUT2D eigenvalue weighted by Gasteiger charge is 2.25. The number of halogens is 1. The van der Waals surface area contributed by atoms with Crippen molar-refractivity contribution in [3.05, 3.63) is 0 Å². The Bertz CT molecular complexity index is 258. The van der Waals surface area contributed by atoms with E-state index in [0.717, 1.165) is 0 Å². The second-order valence-corrected chi connectivity index (χ2v) is 5.28. The molecule has 0 amide bonds. The standard InChI is InChI=1S/C7H16N2O3S.ClH/c1-2-13(11,12)9-6-3-7(5-10)8-4-6;/h6-10H,2-5H2,1H3;1H/t6-,7-;/m0./s1. The number of hydrogen-bond donors (Lipinski definition) is 3. The van der Waals surface area contributed by atoms with Gasteiger partial charge in [0, 0.05) is 18.6 Å². The van der Waals surface area contributed by atoms with Gasteiger partial charge in [0.05, 0.1) is 12.4 Å². The number of rotatable bonds is 4. The summed E-state index contributed by atoms with van der Waals surface area (Å²) in [5, 5.41) is 11.8. The fourth-order valence-corrected chi connectivity index (χ4v) is 2.24. The summed E-state index contributed by atoms with van der Waals surface area (Å²) in [5.74, 6) is 0.104. The van der Waals surface area contributed by atoms with E-state index in [1.807, 2.05) is 0 Å². The first kappa shape index (κ1) is 14.1. The van der Waals surface area contributed by atoms with E-state index in [4.69, 9.17) is 5.11 Å². The molecule has 0 aliphatic carbocycles. The van der Waals surface area contributed by atoms with Crippen molar-refractivity contribution < 1.29 is 13.5 Å². The summed E-state index contributed by atoms with van der Waals surface area (Å²) in [7, 11) is -3.11. The first-order valence-electron chi connectivity index (χ1n) is 4.41. The molecule has 0 radical (unpaired) electrons. The van der Waals surface area contributed by atoms with Crippen LogP contribution >= 0.6 is 12.4 Å². The largest absolute Gasteiger partial charge is 0.395 e. The van der Waals surface area contributed by atoms with Crippen molar-refractivity contribution in [2.75, 3.05) is 18.9 Å². The van der Waals surface area contributed by atoms with E-state index in [1.54, 1.807) is 6.92 Å². The van der Waals surface area contributed by atoms with Gasteiger partial charge in [0.2, 0.25) is 10.0 Å². The summed E-state index contributed by atoms with van der Waals surface area (Å²) in [5.41, 5.74) is 0. The van der Waals surface area contributed by atoms with Crippen LogP contribution in [0.25, 0.3) is 0 Å². The molecule has 0 saturated carbocycles. The van der Waals surface area contributed by atoms with Gasteiger partial charge in [-0.1, -0.05) is 0 Å². The molecule has 7 heteroatoms. The normalized spacial score (nSPS) is 27.3. The van der Waals surface area contributed by atoms with Crippen LogP contribution in [0.3, 0.4) is 0 Å². The molecule has 1 fully saturated rings. The molecule has 1 aliphatic rings. The lowest BCUT2D eigenvalue weighted by Crippen LogP contribution is -2.37. The van der Waals surface area contributed by atoms with Gasteiger partial charge >= 0.3 is 0 Å². The minimum Gasteiger partial charge on any atom is -0.395 e. The second kappa shape index (κ2) is 5.87. The van der Waals surface area contributed by atoms with Crippen molar-refractivity contribution in [3.63, 3.8) is 0 Å². The highest BCUT2D eigenvalue weighted by molar-refractivity contribution is 7.89. The highest BCUT2D eigenvalue weighted by Crippen LogP contribution is 2.06. The Labute approximate surface area is 90.7 Å². The minimum atomic E-state index is -3.11. The van der Waals surface area contributed by atoms with Gasteiger partial charge in [-0.3, -0.25) is 0 Å². The minimum absolute atomic E-state index is 0. The van der Waals surface area contributed by atoms with Crippen LogP contribution < -0.4 is 10.0 Å². The van der Waals surface area contributed by atoms with Crippen molar-refractivity contribution >= 4 is 22.4 Å². The van der Waals surface area contributed by atoms with E-state index in [1.165, 1.54) is 0 Å². The van der Waals surface area contributed by atoms with Crippen LogP contribution in [0.2, 0.25) is 0 Å². The van der Waals surface area contributed by atoms with Crippen molar-refractivity contribution in [1.29, 1.82) is 0 Å². The Hall–Kier alpha value is 0.120. The predicted octanol–water partition coefficient (Wildman–Crippen LogP) is -0.930. The van der Waals surface area contributed by atoms with E-state index in [9.17, 15) is 8.42 Å². The predicted molar refractivity (Wildman–Crippen MR) is 57.1 cm³/mol. The highest BCUT2D eigenvalue weighted by atomic mass is 35.5. The molecule has 3 N–H and O–H groups in total. The Morgan fingerprint density at radius 1 is 1.57 bits per heavy atom. The first-order valence-corrected chi connectivity index (χ1v) is 6.07. The zero-order chi connectivity index (χ0) is 9.90. The molecule has 1 heterocycles. The fraction of sp³-hybridized carbons (Fsp3) is 1.00. The maximum Gasteiger partial charge on any atom is 0.211 e. The molecule has 14 heavy (non-hydrogen) atoms. The summed E-state index contributed by atoms with van der Waals surface area (Å²) < 4.78 is 24.9. The third-order valence-corrected chi connectivity index (χ3v) is 3.62. The summed E-state index contributed by atoms with van der Waals surface area (Å²) in [6.45, 7) is 2.27. The number of aliphatic hydroxyl groups is 1. The van der Waals surface area contributed by atoms with Gasteiger partial charge in [-0.15, -0.1) is 12.4 Å². The van der Waals surface area contributed by atoms with Crippen LogP contribution in [0.5, 0.6) is 0 Å². The number of aliphatic hydroxyl groups excluding tert-OH is 1. The fourth-order valence-electron chi connectivity index (χ4n) is 1.39. The molecule has 0 spiro atoms. The van der Waals surface area contributed by atoms with E-state index in [-0.39, 0.29) is 36.9 Å². The molecular formula is C7H17ClN2O3S. The Morgan fingerprint density at radius 2 is 2.21 bits per heavy atom. The van der Waals surface area contributed by atoms with Crippen LogP contribution in [-0.2, 0) is 10.0 Å². The lowest BCUT2D eigenvalue weighted by atomic mass is 10.2. The number of hydrogen-bond acceptors (Lipinski definition) is 4.